The first-order valence-electron chi connectivity index (χ1n) is 6.56. The van der Waals surface area contributed by atoms with Crippen LogP contribution in [0.4, 0.5) is 11.4 Å². The molecule has 0 saturated carbocycles. The van der Waals surface area contributed by atoms with E-state index in [0.29, 0.717) is 0 Å². The normalized spacial score (nSPS) is 18.1. The molecule has 1 atom stereocenters. The number of nitrogen functional groups attached to an aromatic ring is 1. The Kier molecular flexibility index (Phi) is 3.89. The van der Waals surface area contributed by atoms with E-state index in [9.17, 15) is 5.11 Å². The van der Waals surface area contributed by atoms with Crippen LogP contribution in [0.25, 0.3) is 0 Å². The van der Waals surface area contributed by atoms with Crippen LogP contribution in [0.2, 0.25) is 0 Å². The number of aliphatic hydroxyl groups is 1. The molecule has 0 aromatic heterocycles. The Bertz CT molecular complexity index is 390. The molecule has 94 valence electrons. The van der Waals surface area contributed by atoms with E-state index in [1.807, 2.05) is 6.07 Å². The quantitative estimate of drug-likeness (QED) is 0.542. The molecule has 0 bridgehead atoms. The smallest absolute Gasteiger partial charge is 0.0796 e. The minimum atomic E-state index is -0.318. The fourth-order valence-corrected chi connectivity index (χ4v) is 2.40. The number of benzene rings is 1. The molecule has 1 aromatic carbocycles. The Balaban J connectivity index is 2.03. The highest BCUT2D eigenvalue weighted by molar-refractivity contribution is 5.69. The van der Waals surface area contributed by atoms with Crippen LogP contribution in [0.15, 0.2) is 12.1 Å². The van der Waals surface area contributed by atoms with Crippen molar-refractivity contribution in [3.05, 3.63) is 23.3 Å². The van der Waals surface area contributed by atoms with Gasteiger partial charge in [0.2, 0.25) is 0 Å². The largest absolute Gasteiger partial charge is 0.397 e. The predicted molar refractivity (Wildman–Crippen MR) is 72.1 cm³/mol. The number of nitrogens with two attached hydrogens (primary N) is 1. The van der Waals surface area contributed by atoms with Crippen LogP contribution >= 0.6 is 0 Å². The summed E-state index contributed by atoms with van der Waals surface area (Å²) < 4.78 is 0. The summed E-state index contributed by atoms with van der Waals surface area (Å²) in [4.78, 5) is 0. The first-order valence-corrected chi connectivity index (χ1v) is 6.56. The van der Waals surface area contributed by atoms with Gasteiger partial charge in [0.15, 0.2) is 0 Å². The van der Waals surface area contributed by atoms with E-state index in [1.54, 1.807) is 0 Å². The van der Waals surface area contributed by atoms with Gasteiger partial charge in [-0.1, -0.05) is 19.8 Å². The molecule has 1 aromatic rings. The topological polar surface area (TPSA) is 58.3 Å². The molecule has 0 fully saturated rings. The van der Waals surface area contributed by atoms with Gasteiger partial charge in [0, 0.05) is 6.54 Å². The fourth-order valence-electron chi connectivity index (χ4n) is 2.40. The molecule has 4 N–H and O–H groups in total. The van der Waals surface area contributed by atoms with Gasteiger partial charge in [-0.05, 0) is 42.5 Å². The lowest BCUT2D eigenvalue weighted by atomic mass is 10.1. The van der Waals surface area contributed by atoms with Crippen molar-refractivity contribution in [1.82, 2.24) is 0 Å². The zero-order chi connectivity index (χ0) is 12.3. The highest BCUT2D eigenvalue weighted by atomic mass is 16.3. The van der Waals surface area contributed by atoms with Crippen LogP contribution in [0.1, 0.15) is 49.8 Å². The van der Waals surface area contributed by atoms with Gasteiger partial charge in [-0.15, -0.1) is 0 Å². The number of rotatable bonds is 5. The number of anilines is 2. The van der Waals surface area contributed by atoms with Gasteiger partial charge in [-0.25, -0.2) is 0 Å². The van der Waals surface area contributed by atoms with Crippen LogP contribution in [-0.4, -0.2) is 11.7 Å². The van der Waals surface area contributed by atoms with E-state index in [2.05, 4.69) is 18.3 Å². The molecular weight excluding hydrogens is 212 g/mol. The fraction of sp³-hybridized carbons (Fsp3) is 0.571. The maximum Gasteiger partial charge on any atom is 0.0796 e. The van der Waals surface area contributed by atoms with E-state index in [1.165, 1.54) is 24.8 Å². The molecule has 0 saturated heterocycles. The van der Waals surface area contributed by atoms with Crippen LogP contribution in [0, 0.1) is 0 Å². The molecule has 0 spiro atoms. The number of hydrogen-bond donors (Lipinski definition) is 3. The van der Waals surface area contributed by atoms with Crippen LogP contribution < -0.4 is 11.1 Å². The monoisotopic (exact) mass is 234 g/mol. The number of unbranched alkanes of at least 4 members (excludes halogenated alkanes) is 2. The highest BCUT2D eigenvalue weighted by Gasteiger charge is 2.21. The van der Waals surface area contributed by atoms with Crippen molar-refractivity contribution in [2.75, 3.05) is 17.6 Å². The van der Waals surface area contributed by atoms with Crippen molar-refractivity contribution in [2.24, 2.45) is 0 Å². The number of aryl methyl sites for hydroxylation is 1. The number of aliphatic hydroxyl groups excluding tert-OH is 1. The van der Waals surface area contributed by atoms with Gasteiger partial charge >= 0.3 is 0 Å². The summed E-state index contributed by atoms with van der Waals surface area (Å²) in [5, 5.41) is 13.2. The van der Waals surface area contributed by atoms with Gasteiger partial charge < -0.3 is 16.2 Å². The molecule has 3 nitrogen and oxygen atoms in total. The second-order valence-corrected chi connectivity index (χ2v) is 4.83. The third-order valence-corrected chi connectivity index (χ3v) is 3.45. The highest BCUT2D eigenvalue weighted by Crippen LogP contribution is 2.35. The lowest BCUT2D eigenvalue weighted by Crippen LogP contribution is -2.05. The average molecular weight is 234 g/mol. The molecule has 1 unspecified atom stereocenters. The van der Waals surface area contributed by atoms with Gasteiger partial charge in [0.1, 0.15) is 0 Å². The van der Waals surface area contributed by atoms with Crippen molar-refractivity contribution in [2.45, 2.75) is 45.1 Å². The number of hydrogen-bond acceptors (Lipinski definition) is 3. The Labute approximate surface area is 103 Å². The van der Waals surface area contributed by atoms with Crippen LogP contribution in [0.3, 0.4) is 0 Å². The summed E-state index contributed by atoms with van der Waals surface area (Å²) >= 11 is 0. The van der Waals surface area contributed by atoms with E-state index in [-0.39, 0.29) is 6.10 Å². The molecule has 3 heteroatoms. The van der Waals surface area contributed by atoms with E-state index in [4.69, 9.17) is 5.73 Å². The molecule has 1 aliphatic rings. The standard InChI is InChI=1S/C14H22N2O/c1-2-3-4-7-16-13-8-10-5-6-14(17)11(10)9-12(13)15/h8-9,14,16-17H,2-7,15H2,1H3. The van der Waals surface area contributed by atoms with Crippen molar-refractivity contribution < 1.29 is 5.11 Å². The van der Waals surface area contributed by atoms with Crippen molar-refractivity contribution in [3.8, 4) is 0 Å². The van der Waals surface area contributed by atoms with E-state index < -0.39 is 0 Å². The molecular formula is C14H22N2O. The lowest BCUT2D eigenvalue weighted by molar-refractivity contribution is 0.180. The number of nitrogens with one attached hydrogen (secondary N) is 1. The predicted octanol–water partition coefficient (Wildman–Crippen LogP) is 2.85. The number of fused-ring (bicyclic) bond motifs is 1. The third-order valence-electron chi connectivity index (χ3n) is 3.45. The van der Waals surface area contributed by atoms with E-state index >= 15 is 0 Å². The van der Waals surface area contributed by atoms with Crippen LogP contribution in [0.5, 0.6) is 0 Å². The van der Waals surface area contributed by atoms with Gasteiger partial charge in [0.25, 0.3) is 0 Å². The summed E-state index contributed by atoms with van der Waals surface area (Å²) in [5.41, 5.74) is 10.0. The first-order chi connectivity index (χ1) is 8.22. The minimum Gasteiger partial charge on any atom is -0.397 e. The summed E-state index contributed by atoms with van der Waals surface area (Å²) in [6.07, 6.45) is 5.12. The van der Waals surface area contributed by atoms with Crippen molar-refractivity contribution in [1.29, 1.82) is 0 Å². The second-order valence-electron chi connectivity index (χ2n) is 4.83. The van der Waals surface area contributed by atoms with Crippen molar-refractivity contribution in [3.63, 3.8) is 0 Å². The second kappa shape index (κ2) is 5.41. The van der Waals surface area contributed by atoms with Crippen LogP contribution in [-0.2, 0) is 6.42 Å². The third kappa shape index (κ3) is 2.72. The average Bonchev–Trinajstić information content (AvgIpc) is 2.66. The molecule has 0 radical (unpaired) electrons. The maximum atomic E-state index is 9.77. The molecule has 0 aliphatic heterocycles. The minimum absolute atomic E-state index is 0.318. The summed E-state index contributed by atoms with van der Waals surface area (Å²) in [6.45, 7) is 3.17. The Morgan fingerprint density at radius 3 is 3.00 bits per heavy atom. The maximum absolute atomic E-state index is 9.77. The van der Waals surface area contributed by atoms with Gasteiger partial charge in [-0.2, -0.15) is 0 Å². The Morgan fingerprint density at radius 2 is 2.24 bits per heavy atom. The SMILES string of the molecule is CCCCCNc1cc2c(cc1N)C(O)CC2. The van der Waals surface area contributed by atoms with E-state index in [0.717, 1.165) is 36.3 Å². The first kappa shape index (κ1) is 12.2. The summed E-state index contributed by atoms with van der Waals surface area (Å²) in [7, 11) is 0. The molecule has 0 heterocycles. The summed E-state index contributed by atoms with van der Waals surface area (Å²) in [6, 6.07) is 4.03. The zero-order valence-corrected chi connectivity index (χ0v) is 10.5. The molecule has 1 aliphatic carbocycles. The zero-order valence-electron chi connectivity index (χ0n) is 10.5. The summed E-state index contributed by atoms with van der Waals surface area (Å²) in [5.74, 6) is 0. The molecule has 0 amide bonds. The lowest BCUT2D eigenvalue weighted by Gasteiger charge is -2.12. The Hall–Kier alpha value is -1.22. The Morgan fingerprint density at radius 1 is 1.41 bits per heavy atom. The molecule has 17 heavy (non-hydrogen) atoms. The van der Waals surface area contributed by atoms with Gasteiger partial charge in [-0.3, -0.25) is 0 Å². The van der Waals surface area contributed by atoms with Crippen molar-refractivity contribution >= 4 is 11.4 Å². The van der Waals surface area contributed by atoms with Gasteiger partial charge in [0.05, 0.1) is 17.5 Å². The molecule has 2 rings (SSSR count).